The predicted octanol–water partition coefficient (Wildman–Crippen LogP) is 0.0225. The first-order valence-corrected chi connectivity index (χ1v) is 8.16. The lowest BCUT2D eigenvalue weighted by Crippen LogP contribution is -2.33. The summed E-state index contributed by atoms with van der Waals surface area (Å²) in [6.07, 6.45) is 2.34. The molecule has 6 heteroatoms. The molecular weight excluding hydrogens is 270 g/mol. The Labute approximate surface area is 129 Å². The zero-order valence-corrected chi connectivity index (χ0v) is 13.6. The van der Waals surface area contributed by atoms with Gasteiger partial charge >= 0.3 is 0 Å². The van der Waals surface area contributed by atoms with Crippen LogP contribution in [0.3, 0.4) is 0 Å². The predicted molar refractivity (Wildman–Crippen MR) is 84.7 cm³/mol. The second-order valence-electron chi connectivity index (χ2n) is 5.40. The van der Waals surface area contributed by atoms with Crippen LogP contribution in [-0.4, -0.2) is 95.8 Å². The Balaban J connectivity index is 1.95. The molecule has 0 unspecified atom stereocenters. The molecule has 0 saturated carbocycles. The van der Waals surface area contributed by atoms with Crippen LogP contribution in [0.5, 0.6) is 0 Å². The highest BCUT2D eigenvalue weighted by atomic mass is 16.5. The molecule has 0 aliphatic carbocycles. The molecule has 6 nitrogen and oxygen atoms in total. The number of hydrogen-bond donors (Lipinski definition) is 1. The van der Waals surface area contributed by atoms with Gasteiger partial charge in [0.1, 0.15) is 0 Å². The molecule has 1 aliphatic rings. The first-order valence-electron chi connectivity index (χ1n) is 8.16. The molecule has 1 aliphatic heterocycles. The lowest BCUT2D eigenvalue weighted by molar-refractivity contribution is 0.0197. The summed E-state index contributed by atoms with van der Waals surface area (Å²) in [5.41, 5.74) is 5.57. The van der Waals surface area contributed by atoms with Crippen molar-refractivity contribution < 1.29 is 14.2 Å². The quantitative estimate of drug-likeness (QED) is 0.513. The summed E-state index contributed by atoms with van der Waals surface area (Å²) in [6.45, 7) is 11.0. The van der Waals surface area contributed by atoms with E-state index in [2.05, 4.69) is 9.80 Å². The van der Waals surface area contributed by atoms with Crippen LogP contribution in [0, 0.1) is 0 Å². The fraction of sp³-hybridized carbons (Fsp3) is 1.00. The highest BCUT2D eigenvalue weighted by Crippen LogP contribution is 2.03. The van der Waals surface area contributed by atoms with Crippen LogP contribution in [0.25, 0.3) is 0 Å². The van der Waals surface area contributed by atoms with Crippen molar-refractivity contribution in [2.45, 2.75) is 12.8 Å². The molecule has 0 aromatic heterocycles. The van der Waals surface area contributed by atoms with Gasteiger partial charge in [-0.15, -0.1) is 0 Å². The van der Waals surface area contributed by atoms with E-state index < -0.39 is 0 Å². The van der Waals surface area contributed by atoms with E-state index in [-0.39, 0.29) is 0 Å². The van der Waals surface area contributed by atoms with Crippen molar-refractivity contribution in [3.05, 3.63) is 0 Å². The summed E-state index contributed by atoms with van der Waals surface area (Å²) in [5, 5.41) is 0. The van der Waals surface area contributed by atoms with Crippen molar-refractivity contribution in [1.29, 1.82) is 0 Å². The Morgan fingerprint density at radius 3 is 2.10 bits per heavy atom. The number of rotatable bonds is 12. The summed E-state index contributed by atoms with van der Waals surface area (Å²) in [5.74, 6) is 0. The Morgan fingerprint density at radius 1 is 0.810 bits per heavy atom. The summed E-state index contributed by atoms with van der Waals surface area (Å²) in [6, 6.07) is 0. The van der Waals surface area contributed by atoms with Crippen LogP contribution in [0.15, 0.2) is 0 Å². The van der Waals surface area contributed by atoms with Gasteiger partial charge in [0, 0.05) is 26.7 Å². The Morgan fingerprint density at radius 2 is 1.43 bits per heavy atom. The third-order valence-corrected chi connectivity index (χ3v) is 3.72. The van der Waals surface area contributed by atoms with Crippen LogP contribution < -0.4 is 5.73 Å². The van der Waals surface area contributed by atoms with Gasteiger partial charge in [-0.1, -0.05) is 0 Å². The molecule has 0 atom stereocenters. The molecule has 0 aromatic rings. The second-order valence-corrected chi connectivity index (χ2v) is 5.40. The molecule has 126 valence electrons. The van der Waals surface area contributed by atoms with Crippen molar-refractivity contribution in [2.24, 2.45) is 5.73 Å². The second kappa shape index (κ2) is 13.4. The Bertz CT molecular complexity index is 232. The van der Waals surface area contributed by atoms with Gasteiger partial charge in [0.15, 0.2) is 0 Å². The third-order valence-electron chi connectivity index (χ3n) is 3.72. The van der Waals surface area contributed by atoms with E-state index in [1.807, 2.05) is 0 Å². The van der Waals surface area contributed by atoms with Crippen molar-refractivity contribution in [3.63, 3.8) is 0 Å². The topological polar surface area (TPSA) is 60.2 Å². The maximum atomic E-state index is 5.61. The zero-order chi connectivity index (χ0) is 15.2. The van der Waals surface area contributed by atoms with E-state index in [9.17, 15) is 0 Å². The Kier molecular flexibility index (Phi) is 12.0. The minimum Gasteiger partial charge on any atom is -0.382 e. The summed E-state index contributed by atoms with van der Waals surface area (Å²) in [4.78, 5) is 5.02. The van der Waals surface area contributed by atoms with E-state index >= 15 is 0 Å². The first kappa shape index (κ1) is 18.8. The highest BCUT2D eigenvalue weighted by Gasteiger charge is 2.13. The van der Waals surface area contributed by atoms with Crippen LogP contribution in [0.1, 0.15) is 12.8 Å². The van der Waals surface area contributed by atoms with E-state index in [0.717, 1.165) is 45.8 Å². The largest absolute Gasteiger partial charge is 0.382 e. The standard InChI is InChI=1S/C15H33N3O3/c1-19-12-13-21-15-14-20-11-10-18-7-3-6-17(8-9-18)5-2-4-16/h2-16H2,1H3. The first-order chi connectivity index (χ1) is 10.4. The van der Waals surface area contributed by atoms with Gasteiger partial charge in [-0.05, 0) is 39.0 Å². The Hall–Kier alpha value is -0.240. The molecule has 0 bridgehead atoms. The van der Waals surface area contributed by atoms with E-state index in [0.29, 0.717) is 26.4 Å². The molecule has 0 amide bonds. The molecule has 0 spiro atoms. The SMILES string of the molecule is COCCOCCOCCN1CCCN(CCCN)CC1. The summed E-state index contributed by atoms with van der Waals surface area (Å²) >= 11 is 0. The number of ether oxygens (including phenoxy) is 3. The lowest BCUT2D eigenvalue weighted by Gasteiger charge is -2.21. The molecule has 21 heavy (non-hydrogen) atoms. The normalized spacial score (nSPS) is 18.0. The molecule has 1 heterocycles. The number of nitrogens with zero attached hydrogens (tertiary/aromatic N) is 2. The number of methoxy groups -OCH3 is 1. The lowest BCUT2D eigenvalue weighted by atomic mass is 10.3. The average molecular weight is 303 g/mol. The van der Waals surface area contributed by atoms with Crippen molar-refractivity contribution in [3.8, 4) is 0 Å². The van der Waals surface area contributed by atoms with Crippen LogP contribution in [0.4, 0.5) is 0 Å². The molecule has 1 saturated heterocycles. The van der Waals surface area contributed by atoms with Gasteiger partial charge in [0.25, 0.3) is 0 Å². The van der Waals surface area contributed by atoms with Gasteiger partial charge in [-0.25, -0.2) is 0 Å². The average Bonchev–Trinajstić information content (AvgIpc) is 2.73. The molecule has 0 aromatic carbocycles. The maximum Gasteiger partial charge on any atom is 0.0701 e. The summed E-state index contributed by atoms with van der Waals surface area (Å²) in [7, 11) is 1.68. The van der Waals surface area contributed by atoms with E-state index in [4.69, 9.17) is 19.9 Å². The molecule has 2 N–H and O–H groups in total. The highest BCUT2D eigenvalue weighted by molar-refractivity contribution is 4.69. The maximum absolute atomic E-state index is 5.61. The minimum absolute atomic E-state index is 0.643. The van der Waals surface area contributed by atoms with Crippen molar-refractivity contribution in [1.82, 2.24) is 9.80 Å². The van der Waals surface area contributed by atoms with E-state index in [1.165, 1.54) is 19.5 Å². The zero-order valence-electron chi connectivity index (χ0n) is 13.6. The molecular formula is C15H33N3O3. The van der Waals surface area contributed by atoms with Gasteiger partial charge in [0.2, 0.25) is 0 Å². The van der Waals surface area contributed by atoms with Crippen molar-refractivity contribution >= 4 is 0 Å². The number of hydrogen-bond acceptors (Lipinski definition) is 6. The van der Waals surface area contributed by atoms with Crippen LogP contribution in [0.2, 0.25) is 0 Å². The molecule has 1 rings (SSSR count). The number of nitrogens with two attached hydrogens (primary N) is 1. The third kappa shape index (κ3) is 10.2. The van der Waals surface area contributed by atoms with Crippen molar-refractivity contribution in [2.75, 3.05) is 86.0 Å². The molecule has 1 fully saturated rings. The van der Waals surface area contributed by atoms with Gasteiger partial charge < -0.3 is 24.8 Å². The fourth-order valence-electron chi connectivity index (χ4n) is 2.44. The van der Waals surface area contributed by atoms with Crippen LogP contribution in [-0.2, 0) is 14.2 Å². The smallest absolute Gasteiger partial charge is 0.0701 e. The fourth-order valence-corrected chi connectivity index (χ4v) is 2.44. The van der Waals surface area contributed by atoms with Gasteiger partial charge in [-0.3, -0.25) is 4.90 Å². The van der Waals surface area contributed by atoms with Gasteiger partial charge in [-0.2, -0.15) is 0 Å². The van der Waals surface area contributed by atoms with Crippen LogP contribution >= 0.6 is 0 Å². The summed E-state index contributed by atoms with van der Waals surface area (Å²) < 4.78 is 15.9. The monoisotopic (exact) mass is 303 g/mol. The molecule has 0 radical (unpaired) electrons. The minimum atomic E-state index is 0.643. The van der Waals surface area contributed by atoms with E-state index in [1.54, 1.807) is 7.11 Å². The van der Waals surface area contributed by atoms with Gasteiger partial charge in [0.05, 0.1) is 33.0 Å².